The third-order valence-electron chi connectivity index (χ3n) is 5.77. The highest BCUT2D eigenvalue weighted by Crippen LogP contribution is 2.37. The van der Waals surface area contributed by atoms with E-state index in [1.54, 1.807) is 4.90 Å². The fourth-order valence-corrected chi connectivity index (χ4v) is 4.25. The van der Waals surface area contributed by atoms with Crippen molar-refractivity contribution in [3.8, 4) is 0 Å². The Morgan fingerprint density at radius 1 is 1.30 bits per heavy atom. The number of aromatic amines is 1. The molecule has 0 bridgehead atoms. The summed E-state index contributed by atoms with van der Waals surface area (Å²) in [5.41, 5.74) is 3.50. The maximum atomic E-state index is 12.9. The van der Waals surface area contributed by atoms with Gasteiger partial charge in [0, 0.05) is 13.6 Å². The summed E-state index contributed by atoms with van der Waals surface area (Å²) in [4.78, 5) is 22.6. The Morgan fingerprint density at radius 3 is 2.78 bits per heavy atom. The Bertz CT molecular complexity index is 787. The number of benzene rings is 1. The largest absolute Gasteiger partial charge is 0.340 e. The van der Waals surface area contributed by atoms with E-state index in [1.165, 1.54) is 5.56 Å². The second-order valence-corrected chi connectivity index (χ2v) is 7.79. The number of H-pyrrole nitrogens is 1. The zero-order valence-electron chi connectivity index (χ0n) is 15.9. The standard InChI is InChI=1S/C19H27N5O.2ClH/c1-13-3-4-14-15(9-13)23-17(22-14)11-24(2)18(25)16-10-19(12-21-16)5-7-20-8-6-19;;/h3-4,9,16,20-21H,5-8,10-12H2,1-2H3,(H,22,23);2*1H. The Morgan fingerprint density at radius 2 is 2.04 bits per heavy atom. The third-order valence-corrected chi connectivity index (χ3v) is 5.77. The number of amides is 1. The van der Waals surface area contributed by atoms with Crippen LogP contribution in [0.25, 0.3) is 11.0 Å². The van der Waals surface area contributed by atoms with Crippen molar-refractivity contribution in [3.63, 3.8) is 0 Å². The molecule has 1 amide bonds. The van der Waals surface area contributed by atoms with Gasteiger partial charge in [-0.25, -0.2) is 4.98 Å². The van der Waals surface area contributed by atoms with Crippen molar-refractivity contribution in [2.75, 3.05) is 26.7 Å². The topological polar surface area (TPSA) is 73.1 Å². The van der Waals surface area contributed by atoms with E-state index in [2.05, 4.69) is 39.7 Å². The number of rotatable bonds is 3. The number of aryl methyl sites for hydroxylation is 1. The number of nitrogens with zero attached hydrogens (tertiary/aromatic N) is 2. The van der Waals surface area contributed by atoms with Crippen LogP contribution in [0.15, 0.2) is 18.2 Å². The number of imidazole rings is 1. The zero-order valence-corrected chi connectivity index (χ0v) is 17.5. The van der Waals surface area contributed by atoms with Gasteiger partial charge < -0.3 is 20.5 Å². The van der Waals surface area contributed by atoms with Crippen molar-refractivity contribution in [3.05, 3.63) is 29.6 Å². The molecule has 2 aromatic rings. The molecule has 150 valence electrons. The van der Waals surface area contributed by atoms with Crippen LogP contribution >= 0.6 is 24.8 Å². The summed E-state index contributed by atoms with van der Waals surface area (Å²) >= 11 is 0. The van der Waals surface area contributed by atoms with Crippen LogP contribution in [0.4, 0.5) is 0 Å². The molecule has 0 saturated carbocycles. The van der Waals surface area contributed by atoms with E-state index in [-0.39, 0.29) is 36.8 Å². The molecule has 2 aliphatic heterocycles. The van der Waals surface area contributed by atoms with Crippen LogP contribution in [-0.2, 0) is 11.3 Å². The minimum absolute atomic E-state index is 0. The first kappa shape index (κ1) is 22.0. The van der Waals surface area contributed by atoms with E-state index < -0.39 is 0 Å². The quantitative estimate of drug-likeness (QED) is 0.721. The van der Waals surface area contributed by atoms with Gasteiger partial charge in [0.2, 0.25) is 5.91 Å². The number of aromatic nitrogens is 2. The Balaban J connectivity index is 0.00000131. The van der Waals surface area contributed by atoms with Gasteiger partial charge in [0.15, 0.2) is 0 Å². The average molecular weight is 414 g/mol. The van der Waals surface area contributed by atoms with E-state index >= 15 is 0 Å². The Labute approximate surface area is 172 Å². The highest BCUT2D eigenvalue weighted by atomic mass is 35.5. The van der Waals surface area contributed by atoms with Gasteiger partial charge in [-0.1, -0.05) is 6.07 Å². The smallest absolute Gasteiger partial charge is 0.239 e. The van der Waals surface area contributed by atoms with E-state index in [4.69, 9.17) is 0 Å². The molecule has 4 rings (SSSR count). The highest BCUT2D eigenvalue weighted by molar-refractivity contribution is 5.85. The second kappa shape index (κ2) is 8.78. The lowest BCUT2D eigenvalue weighted by molar-refractivity contribution is -0.132. The fraction of sp³-hybridized carbons (Fsp3) is 0.579. The second-order valence-electron chi connectivity index (χ2n) is 7.79. The van der Waals surface area contributed by atoms with Crippen LogP contribution in [0, 0.1) is 12.3 Å². The monoisotopic (exact) mass is 413 g/mol. The summed E-state index contributed by atoms with van der Waals surface area (Å²) in [6, 6.07) is 6.11. The number of likely N-dealkylation sites (N-methyl/N-ethyl adjacent to an activating group) is 1. The van der Waals surface area contributed by atoms with Crippen molar-refractivity contribution in [2.45, 2.75) is 38.8 Å². The van der Waals surface area contributed by atoms with Gasteiger partial charge in [-0.3, -0.25) is 4.79 Å². The lowest BCUT2D eigenvalue weighted by Gasteiger charge is -2.33. The van der Waals surface area contributed by atoms with Gasteiger partial charge in [0.1, 0.15) is 5.82 Å². The van der Waals surface area contributed by atoms with E-state index in [0.717, 1.165) is 55.8 Å². The number of hydrogen-bond donors (Lipinski definition) is 3. The van der Waals surface area contributed by atoms with Crippen LogP contribution < -0.4 is 10.6 Å². The molecular formula is C19H29Cl2N5O. The van der Waals surface area contributed by atoms with Crippen LogP contribution in [-0.4, -0.2) is 53.5 Å². The number of fused-ring (bicyclic) bond motifs is 1. The van der Waals surface area contributed by atoms with Crippen molar-refractivity contribution in [1.29, 1.82) is 0 Å². The molecule has 3 heterocycles. The first-order chi connectivity index (χ1) is 12.0. The summed E-state index contributed by atoms with van der Waals surface area (Å²) < 4.78 is 0. The molecule has 1 aromatic carbocycles. The normalized spacial score (nSPS) is 20.9. The summed E-state index contributed by atoms with van der Waals surface area (Å²) in [5, 5.41) is 6.88. The Kier molecular flexibility index (Phi) is 7.14. The minimum atomic E-state index is -0.0604. The molecule has 3 N–H and O–H groups in total. The maximum Gasteiger partial charge on any atom is 0.239 e. The maximum absolute atomic E-state index is 12.9. The van der Waals surface area contributed by atoms with E-state index in [0.29, 0.717) is 12.0 Å². The van der Waals surface area contributed by atoms with Gasteiger partial charge in [0.05, 0.1) is 23.6 Å². The molecule has 1 aromatic heterocycles. The summed E-state index contributed by atoms with van der Waals surface area (Å²) in [7, 11) is 1.87. The van der Waals surface area contributed by atoms with Crippen LogP contribution in [0.5, 0.6) is 0 Å². The third kappa shape index (κ3) is 4.57. The van der Waals surface area contributed by atoms with Gasteiger partial charge in [0.25, 0.3) is 0 Å². The molecule has 1 unspecified atom stereocenters. The number of piperidine rings is 1. The zero-order chi connectivity index (χ0) is 17.4. The van der Waals surface area contributed by atoms with Gasteiger partial charge >= 0.3 is 0 Å². The number of hydrogen-bond acceptors (Lipinski definition) is 4. The summed E-state index contributed by atoms with van der Waals surface area (Å²) in [6.45, 7) is 5.67. The molecule has 6 nitrogen and oxygen atoms in total. The summed E-state index contributed by atoms with van der Waals surface area (Å²) in [6.07, 6.45) is 3.28. The molecule has 2 aliphatic rings. The van der Waals surface area contributed by atoms with Gasteiger partial charge in [-0.05, 0) is 62.4 Å². The predicted octanol–water partition coefficient (Wildman–Crippen LogP) is 2.41. The van der Waals surface area contributed by atoms with Crippen LogP contribution in [0.2, 0.25) is 0 Å². The van der Waals surface area contributed by atoms with E-state index in [9.17, 15) is 4.79 Å². The average Bonchev–Trinajstić information content (AvgIpc) is 3.18. The first-order valence-electron chi connectivity index (χ1n) is 9.19. The lowest BCUT2D eigenvalue weighted by atomic mass is 9.77. The summed E-state index contributed by atoms with van der Waals surface area (Å²) in [5.74, 6) is 1.01. The number of carbonyl (C=O) groups is 1. The molecule has 27 heavy (non-hydrogen) atoms. The molecule has 0 aliphatic carbocycles. The molecule has 8 heteroatoms. The molecule has 0 radical (unpaired) electrons. The van der Waals surface area contributed by atoms with Crippen molar-refractivity contribution in [1.82, 2.24) is 25.5 Å². The van der Waals surface area contributed by atoms with Gasteiger partial charge in [-0.2, -0.15) is 0 Å². The molecule has 2 fully saturated rings. The molecule has 1 spiro atoms. The van der Waals surface area contributed by atoms with Gasteiger partial charge in [-0.15, -0.1) is 24.8 Å². The van der Waals surface area contributed by atoms with Crippen molar-refractivity contribution in [2.24, 2.45) is 5.41 Å². The van der Waals surface area contributed by atoms with Crippen molar-refractivity contribution < 1.29 is 4.79 Å². The highest BCUT2D eigenvalue weighted by Gasteiger charge is 2.42. The molecular weight excluding hydrogens is 385 g/mol. The number of carbonyl (C=O) groups excluding carboxylic acids is 1. The SMILES string of the molecule is Cc1ccc2nc(CN(C)C(=O)C3CC4(CCNCC4)CN3)[nH]c2c1.Cl.Cl. The van der Waals surface area contributed by atoms with Crippen LogP contribution in [0.1, 0.15) is 30.7 Å². The number of halogens is 2. The predicted molar refractivity (Wildman–Crippen MR) is 113 cm³/mol. The molecule has 2 saturated heterocycles. The minimum Gasteiger partial charge on any atom is -0.340 e. The van der Waals surface area contributed by atoms with Crippen LogP contribution in [0.3, 0.4) is 0 Å². The number of nitrogens with one attached hydrogen (secondary N) is 3. The first-order valence-corrected chi connectivity index (χ1v) is 9.19. The van der Waals surface area contributed by atoms with E-state index in [1.807, 2.05) is 13.1 Å². The fourth-order valence-electron chi connectivity index (χ4n) is 4.25. The van der Waals surface area contributed by atoms with Crippen molar-refractivity contribution >= 4 is 41.8 Å². The molecule has 1 atom stereocenters. The Hall–Kier alpha value is -1.34. The lowest BCUT2D eigenvalue weighted by Crippen LogP contribution is -2.41.